The fraction of sp³-hybridized carbons (Fsp3) is 0.571. The van der Waals surface area contributed by atoms with Gasteiger partial charge in [-0.1, -0.05) is 62.5 Å². The summed E-state index contributed by atoms with van der Waals surface area (Å²) in [4.78, 5) is 11.6. The highest BCUT2D eigenvalue weighted by molar-refractivity contribution is 5.78. The molecule has 0 rings (SSSR count). The SMILES string of the molecule is CC/C=C\C/C=C\C/C=C\C/C=C\CCC(=O)CCC(C)CO. The molecule has 0 aromatic heterocycles. The third-order valence-electron chi connectivity index (χ3n) is 3.54. The van der Waals surface area contributed by atoms with E-state index in [9.17, 15) is 4.79 Å². The van der Waals surface area contributed by atoms with Gasteiger partial charge < -0.3 is 5.11 Å². The molecular formula is C21H34O2. The zero-order chi connectivity index (χ0) is 17.2. The van der Waals surface area contributed by atoms with Crippen molar-refractivity contribution in [3.05, 3.63) is 48.6 Å². The Morgan fingerprint density at radius 2 is 1.39 bits per heavy atom. The molecule has 0 aliphatic carbocycles. The lowest BCUT2D eigenvalue weighted by Gasteiger charge is -2.05. The topological polar surface area (TPSA) is 37.3 Å². The first kappa shape index (κ1) is 21.6. The molecule has 0 saturated heterocycles. The first-order valence-electron chi connectivity index (χ1n) is 8.93. The minimum atomic E-state index is 0.171. The molecule has 1 atom stereocenters. The second-order valence-corrected chi connectivity index (χ2v) is 5.90. The van der Waals surface area contributed by atoms with Gasteiger partial charge in [-0.3, -0.25) is 4.79 Å². The van der Waals surface area contributed by atoms with Crippen LogP contribution in [0.4, 0.5) is 0 Å². The molecule has 0 bridgehead atoms. The van der Waals surface area contributed by atoms with Crippen molar-refractivity contribution in [3.63, 3.8) is 0 Å². The summed E-state index contributed by atoms with van der Waals surface area (Å²) < 4.78 is 0. The van der Waals surface area contributed by atoms with Crippen LogP contribution in [0.5, 0.6) is 0 Å². The summed E-state index contributed by atoms with van der Waals surface area (Å²) in [6.45, 7) is 4.28. The minimum Gasteiger partial charge on any atom is -0.396 e. The number of hydrogen-bond acceptors (Lipinski definition) is 2. The van der Waals surface area contributed by atoms with Crippen LogP contribution in [0, 0.1) is 5.92 Å². The van der Waals surface area contributed by atoms with Gasteiger partial charge in [0.1, 0.15) is 5.78 Å². The average Bonchev–Trinajstić information content (AvgIpc) is 2.56. The van der Waals surface area contributed by atoms with Gasteiger partial charge in [-0.05, 0) is 44.4 Å². The molecule has 0 fully saturated rings. The molecule has 2 heteroatoms. The molecule has 23 heavy (non-hydrogen) atoms. The smallest absolute Gasteiger partial charge is 0.133 e. The van der Waals surface area contributed by atoms with Gasteiger partial charge in [0.2, 0.25) is 0 Å². The van der Waals surface area contributed by atoms with Crippen LogP contribution in [-0.2, 0) is 4.79 Å². The van der Waals surface area contributed by atoms with Gasteiger partial charge in [0.15, 0.2) is 0 Å². The zero-order valence-electron chi connectivity index (χ0n) is 14.9. The molecular weight excluding hydrogens is 284 g/mol. The van der Waals surface area contributed by atoms with Crippen molar-refractivity contribution in [1.29, 1.82) is 0 Å². The summed E-state index contributed by atoms with van der Waals surface area (Å²) >= 11 is 0. The first-order chi connectivity index (χ1) is 11.2. The number of allylic oxidation sites excluding steroid dienone is 8. The highest BCUT2D eigenvalue weighted by atomic mass is 16.3. The van der Waals surface area contributed by atoms with Gasteiger partial charge in [-0.2, -0.15) is 0 Å². The fourth-order valence-corrected chi connectivity index (χ4v) is 1.97. The van der Waals surface area contributed by atoms with E-state index in [4.69, 9.17) is 5.11 Å². The number of carbonyl (C=O) groups is 1. The summed E-state index contributed by atoms with van der Waals surface area (Å²) in [6.07, 6.45) is 24.2. The lowest BCUT2D eigenvalue weighted by atomic mass is 10.0. The van der Waals surface area contributed by atoms with Crippen molar-refractivity contribution >= 4 is 5.78 Å². The van der Waals surface area contributed by atoms with Crippen LogP contribution < -0.4 is 0 Å². The molecule has 0 aromatic carbocycles. The third kappa shape index (κ3) is 16.8. The maximum atomic E-state index is 11.6. The van der Waals surface area contributed by atoms with E-state index in [1.54, 1.807) is 0 Å². The molecule has 130 valence electrons. The number of carbonyl (C=O) groups excluding carboxylic acids is 1. The zero-order valence-corrected chi connectivity index (χ0v) is 14.9. The number of ketones is 1. The Morgan fingerprint density at radius 3 is 1.91 bits per heavy atom. The first-order valence-corrected chi connectivity index (χ1v) is 8.93. The van der Waals surface area contributed by atoms with Crippen LogP contribution in [-0.4, -0.2) is 17.5 Å². The number of Topliss-reactive ketones (excluding diaryl/α,β-unsaturated/α-hetero) is 1. The molecule has 0 aromatic rings. The lowest BCUT2D eigenvalue weighted by molar-refractivity contribution is -0.119. The van der Waals surface area contributed by atoms with Gasteiger partial charge in [0, 0.05) is 19.4 Å². The van der Waals surface area contributed by atoms with Crippen molar-refractivity contribution in [2.45, 2.75) is 65.2 Å². The molecule has 0 aliphatic heterocycles. The van der Waals surface area contributed by atoms with Crippen molar-refractivity contribution in [1.82, 2.24) is 0 Å². The van der Waals surface area contributed by atoms with E-state index < -0.39 is 0 Å². The summed E-state index contributed by atoms with van der Waals surface area (Å²) in [5.41, 5.74) is 0. The van der Waals surface area contributed by atoms with E-state index in [0.717, 1.165) is 38.5 Å². The van der Waals surface area contributed by atoms with E-state index >= 15 is 0 Å². The fourth-order valence-electron chi connectivity index (χ4n) is 1.97. The van der Waals surface area contributed by atoms with Crippen LogP contribution >= 0.6 is 0 Å². The van der Waals surface area contributed by atoms with E-state index in [1.807, 2.05) is 6.92 Å². The number of aliphatic hydroxyl groups is 1. The van der Waals surface area contributed by atoms with E-state index in [1.165, 1.54) is 0 Å². The normalized spacial score (nSPS) is 13.9. The van der Waals surface area contributed by atoms with Crippen LogP contribution in [0.1, 0.15) is 65.2 Å². The van der Waals surface area contributed by atoms with Crippen LogP contribution in [0.2, 0.25) is 0 Å². The van der Waals surface area contributed by atoms with E-state index in [2.05, 4.69) is 55.5 Å². The third-order valence-corrected chi connectivity index (χ3v) is 3.54. The molecule has 1 N–H and O–H groups in total. The van der Waals surface area contributed by atoms with E-state index in [0.29, 0.717) is 18.6 Å². The second kappa shape index (κ2) is 17.0. The summed E-state index contributed by atoms with van der Waals surface area (Å²) in [5, 5.41) is 8.91. The van der Waals surface area contributed by atoms with Gasteiger partial charge in [-0.25, -0.2) is 0 Å². The molecule has 0 amide bonds. The van der Waals surface area contributed by atoms with Crippen molar-refractivity contribution in [2.24, 2.45) is 5.92 Å². The average molecular weight is 319 g/mol. The predicted octanol–water partition coefficient (Wildman–Crippen LogP) is 5.55. The predicted molar refractivity (Wildman–Crippen MR) is 100 cm³/mol. The van der Waals surface area contributed by atoms with Gasteiger partial charge in [0.05, 0.1) is 0 Å². The molecule has 1 unspecified atom stereocenters. The Labute approximate surface area is 142 Å². The number of aliphatic hydroxyl groups excluding tert-OH is 1. The van der Waals surface area contributed by atoms with Crippen molar-refractivity contribution in [2.75, 3.05) is 6.61 Å². The molecule has 0 saturated carbocycles. The summed E-state index contributed by atoms with van der Waals surface area (Å²) in [6, 6.07) is 0. The van der Waals surface area contributed by atoms with Gasteiger partial charge in [0.25, 0.3) is 0 Å². The highest BCUT2D eigenvalue weighted by Gasteiger charge is 2.04. The Morgan fingerprint density at radius 1 is 0.870 bits per heavy atom. The molecule has 0 aliphatic rings. The Balaban J connectivity index is 3.54. The Hall–Kier alpha value is -1.41. The maximum Gasteiger partial charge on any atom is 0.133 e. The molecule has 0 heterocycles. The summed E-state index contributed by atoms with van der Waals surface area (Å²) in [5.74, 6) is 0.532. The lowest BCUT2D eigenvalue weighted by Crippen LogP contribution is -2.05. The minimum absolute atomic E-state index is 0.171. The van der Waals surface area contributed by atoms with Gasteiger partial charge >= 0.3 is 0 Å². The van der Waals surface area contributed by atoms with E-state index in [-0.39, 0.29) is 12.5 Å². The molecule has 0 spiro atoms. The maximum absolute atomic E-state index is 11.6. The Kier molecular flexibility index (Phi) is 15.9. The number of rotatable bonds is 14. The summed E-state index contributed by atoms with van der Waals surface area (Å²) in [7, 11) is 0. The largest absolute Gasteiger partial charge is 0.396 e. The van der Waals surface area contributed by atoms with Crippen LogP contribution in [0.3, 0.4) is 0 Å². The second-order valence-electron chi connectivity index (χ2n) is 5.90. The van der Waals surface area contributed by atoms with Crippen LogP contribution in [0.25, 0.3) is 0 Å². The van der Waals surface area contributed by atoms with Crippen LogP contribution in [0.15, 0.2) is 48.6 Å². The highest BCUT2D eigenvalue weighted by Crippen LogP contribution is 2.07. The number of hydrogen-bond donors (Lipinski definition) is 1. The molecule has 2 nitrogen and oxygen atoms in total. The monoisotopic (exact) mass is 318 g/mol. The van der Waals surface area contributed by atoms with Gasteiger partial charge in [-0.15, -0.1) is 0 Å². The standard InChI is InChI=1S/C21H34O2/c1-3-4-5-6-7-8-9-10-11-12-13-14-15-16-21(23)18-17-20(2)19-22/h4-5,7-8,10-11,13-14,20,22H,3,6,9,12,15-19H2,1-2H3/b5-4-,8-7-,11-10-,14-13-. The quantitative estimate of drug-likeness (QED) is 0.426. The van der Waals surface area contributed by atoms with Crippen molar-refractivity contribution in [3.8, 4) is 0 Å². The Bertz CT molecular complexity index is 389. The van der Waals surface area contributed by atoms with Crippen molar-refractivity contribution < 1.29 is 9.90 Å². The molecule has 0 radical (unpaired) electrons.